The van der Waals surface area contributed by atoms with Gasteiger partial charge >= 0.3 is 0 Å². The van der Waals surface area contributed by atoms with Gasteiger partial charge < -0.3 is 5.73 Å². The predicted octanol–water partition coefficient (Wildman–Crippen LogP) is -2.05. The number of nitrogen functional groups attached to an aromatic ring is 3. The molecule has 0 fully saturated rings. The van der Waals surface area contributed by atoms with Crippen LogP contribution in [0.1, 0.15) is 10.4 Å². The Balaban J connectivity index is 3.05. The number of carbonyl (C=O) groups is 1. The Kier molecular flexibility index (Phi) is 2.57. The summed E-state index contributed by atoms with van der Waals surface area (Å²) in [5.74, 6) is 9.50. The van der Waals surface area contributed by atoms with Gasteiger partial charge in [-0.2, -0.15) is 4.98 Å². The number of carbonyl (C=O) groups excluding carboxylic acids is 1. The van der Waals surface area contributed by atoms with Gasteiger partial charge in [0.2, 0.25) is 5.95 Å². The van der Waals surface area contributed by atoms with Crippen molar-refractivity contribution in [3.05, 3.63) is 11.8 Å². The van der Waals surface area contributed by atoms with E-state index in [1.165, 1.54) is 6.20 Å². The summed E-state index contributed by atoms with van der Waals surface area (Å²) >= 11 is 0. The molecule has 0 saturated carbocycles. The van der Waals surface area contributed by atoms with Gasteiger partial charge in [0.1, 0.15) is 11.4 Å². The molecule has 1 rings (SSSR count). The van der Waals surface area contributed by atoms with E-state index >= 15 is 0 Å². The molecule has 0 aromatic carbocycles. The van der Waals surface area contributed by atoms with Crippen LogP contribution in [0.2, 0.25) is 0 Å². The molecule has 0 spiro atoms. The number of hydrogen-bond acceptors (Lipinski definition) is 7. The summed E-state index contributed by atoms with van der Waals surface area (Å²) in [4.78, 5) is 18.3. The summed E-state index contributed by atoms with van der Waals surface area (Å²) < 4.78 is 0. The SMILES string of the molecule is NNC(=O)c1cnc(NN)nc1N. The van der Waals surface area contributed by atoms with Gasteiger partial charge in [-0.05, 0) is 0 Å². The van der Waals surface area contributed by atoms with Crippen molar-refractivity contribution in [2.45, 2.75) is 0 Å². The highest BCUT2D eigenvalue weighted by Crippen LogP contribution is 2.08. The summed E-state index contributed by atoms with van der Waals surface area (Å²) in [7, 11) is 0. The van der Waals surface area contributed by atoms with Crippen LogP contribution < -0.4 is 28.3 Å². The Morgan fingerprint density at radius 1 is 1.46 bits per heavy atom. The summed E-state index contributed by atoms with van der Waals surface area (Å²) in [6.45, 7) is 0. The van der Waals surface area contributed by atoms with Crippen molar-refractivity contribution in [3.8, 4) is 0 Å². The molecule has 13 heavy (non-hydrogen) atoms. The number of anilines is 2. The fourth-order valence-corrected chi connectivity index (χ4v) is 0.717. The van der Waals surface area contributed by atoms with Crippen LogP contribution in [-0.4, -0.2) is 15.9 Å². The molecule has 1 heterocycles. The third-order valence-corrected chi connectivity index (χ3v) is 1.32. The van der Waals surface area contributed by atoms with Gasteiger partial charge in [-0.15, -0.1) is 0 Å². The maximum Gasteiger partial charge on any atom is 0.270 e. The number of hydrazine groups is 2. The minimum absolute atomic E-state index is 0.00546. The number of amides is 1. The highest BCUT2D eigenvalue weighted by molar-refractivity contribution is 5.97. The van der Waals surface area contributed by atoms with Crippen molar-refractivity contribution in [2.75, 3.05) is 11.2 Å². The van der Waals surface area contributed by atoms with Crippen molar-refractivity contribution in [1.82, 2.24) is 15.4 Å². The van der Waals surface area contributed by atoms with Crippen LogP contribution in [0.4, 0.5) is 11.8 Å². The lowest BCUT2D eigenvalue weighted by Crippen LogP contribution is -2.31. The monoisotopic (exact) mass is 183 g/mol. The van der Waals surface area contributed by atoms with Crippen LogP contribution in [0.3, 0.4) is 0 Å². The standard InChI is InChI=1S/C5H9N7O/c6-3-2(4(13)11-7)1-9-5(10-3)12-8/h1H,7-8H2,(H,11,13)(H3,6,9,10,12). The Hall–Kier alpha value is -1.93. The van der Waals surface area contributed by atoms with Gasteiger partial charge in [0.05, 0.1) is 0 Å². The van der Waals surface area contributed by atoms with E-state index in [4.69, 9.17) is 17.4 Å². The number of hydrogen-bond donors (Lipinski definition) is 5. The molecule has 0 aliphatic carbocycles. The molecule has 0 bridgehead atoms. The predicted molar refractivity (Wildman–Crippen MR) is 45.9 cm³/mol. The van der Waals surface area contributed by atoms with E-state index < -0.39 is 5.91 Å². The average molecular weight is 183 g/mol. The van der Waals surface area contributed by atoms with Crippen molar-refractivity contribution in [1.29, 1.82) is 0 Å². The summed E-state index contributed by atoms with van der Waals surface area (Å²) in [5, 5.41) is 0. The number of nitrogens with two attached hydrogens (primary N) is 3. The quantitative estimate of drug-likeness (QED) is 0.201. The minimum Gasteiger partial charge on any atom is -0.383 e. The van der Waals surface area contributed by atoms with Gasteiger partial charge in [0.25, 0.3) is 5.91 Å². The second kappa shape index (κ2) is 3.65. The van der Waals surface area contributed by atoms with Crippen molar-refractivity contribution < 1.29 is 4.79 Å². The second-order valence-electron chi connectivity index (χ2n) is 2.11. The molecule has 0 aliphatic rings. The topological polar surface area (TPSA) is 145 Å². The molecule has 70 valence electrons. The molecular formula is C5H9N7O. The number of aromatic nitrogens is 2. The van der Waals surface area contributed by atoms with E-state index in [1.54, 1.807) is 0 Å². The maximum absolute atomic E-state index is 11.0. The Labute approximate surface area is 73.5 Å². The largest absolute Gasteiger partial charge is 0.383 e. The van der Waals surface area contributed by atoms with E-state index in [1.807, 2.05) is 5.43 Å². The van der Waals surface area contributed by atoms with Gasteiger partial charge in [-0.3, -0.25) is 15.6 Å². The summed E-state index contributed by atoms with van der Waals surface area (Å²) in [6, 6.07) is 0. The Morgan fingerprint density at radius 2 is 2.15 bits per heavy atom. The molecule has 0 atom stereocenters. The fraction of sp³-hybridized carbons (Fsp3) is 0. The van der Waals surface area contributed by atoms with Crippen LogP contribution in [0.15, 0.2) is 6.20 Å². The van der Waals surface area contributed by atoms with Crippen LogP contribution in [-0.2, 0) is 0 Å². The molecule has 8 heteroatoms. The van der Waals surface area contributed by atoms with Crippen molar-refractivity contribution >= 4 is 17.7 Å². The van der Waals surface area contributed by atoms with Crippen LogP contribution in [0, 0.1) is 0 Å². The highest BCUT2D eigenvalue weighted by Gasteiger charge is 2.10. The van der Waals surface area contributed by atoms with Crippen LogP contribution >= 0.6 is 0 Å². The van der Waals surface area contributed by atoms with Crippen LogP contribution in [0.5, 0.6) is 0 Å². The number of nitrogens with zero attached hydrogens (tertiary/aromatic N) is 2. The number of nitrogens with one attached hydrogen (secondary N) is 2. The smallest absolute Gasteiger partial charge is 0.270 e. The third-order valence-electron chi connectivity index (χ3n) is 1.32. The number of rotatable bonds is 2. The summed E-state index contributed by atoms with van der Waals surface area (Å²) in [6.07, 6.45) is 1.22. The van der Waals surface area contributed by atoms with E-state index in [9.17, 15) is 4.79 Å². The third kappa shape index (κ3) is 1.80. The fourth-order valence-electron chi connectivity index (χ4n) is 0.717. The molecule has 8 N–H and O–H groups in total. The van der Waals surface area contributed by atoms with E-state index in [0.29, 0.717) is 0 Å². The van der Waals surface area contributed by atoms with Gasteiger partial charge in [0.15, 0.2) is 0 Å². The van der Waals surface area contributed by atoms with E-state index in [-0.39, 0.29) is 17.3 Å². The first-order valence-corrected chi connectivity index (χ1v) is 3.29. The molecular weight excluding hydrogens is 174 g/mol. The molecule has 1 aromatic rings. The lowest BCUT2D eigenvalue weighted by atomic mass is 10.3. The Morgan fingerprint density at radius 3 is 2.62 bits per heavy atom. The molecule has 0 saturated heterocycles. The highest BCUT2D eigenvalue weighted by atomic mass is 16.2. The molecule has 0 radical (unpaired) electrons. The van der Waals surface area contributed by atoms with Gasteiger partial charge in [-0.1, -0.05) is 0 Å². The normalized spacial score (nSPS) is 9.38. The van der Waals surface area contributed by atoms with Crippen LogP contribution in [0.25, 0.3) is 0 Å². The van der Waals surface area contributed by atoms with Gasteiger partial charge in [0, 0.05) is 6.20 Å². The zero-order valence-corrected chi connectivity index (χ0v) is 6.61. The summed E-state index contributed by atoms with van der Waals surface area (Å²) in [5.41, 5.74) is 9.60. The second-order valence-corrected chi connectivity index (χ2v) is 2.11. The molecule has 1 amide bonds. The first-order valence-electron chi connectivity index (χ1n) is 3.29. The van der Waals surface area contributed by atoms with Gasteiger partial charge in [-0.25, -0.2) is 16.7 Å². The Bertz CT molecular complexity index is 325. The van der Waals surface area contributed by atoms with Crippen molar-refractivity contribution in [3.63, 3.8) is 0 Å². The maximum atomic E-state index is 11.0. The zero-order valence-electron chi connectivity index (χ0n) is 6.61. The zero-order chi connectivity index (χ0) is 9.84. The molecule has 0 aliphatic heterocycles. The first-order chi connectivity index (χ1) is 6.19. The average Bonchev–Trinajstić information content (AvgIpc) is 2.16. The first kappa shape index (κ1) is 9.16. The van der Waals surface area contributed by atoms with E-state index in [2.05, 4.69) is 15.4 Å². The molecule has 0 unspecified atom stereocenters. The molecule has 8 nitrogen and oxygen atoms in total. The molecule has 1 aromatic heterocycles. The minimum atomic E-state index is -0.555. The van der Waals surface area contributed by atoms with Crippen molar-refractivity contribution in [2.24, 2.45) is 11.7 Å². The lowest BCUT2D eigenvalue weighted by Gasteiger charge is -2.03. The lowest BCUT2D eigenvalue weighted by molar-refractivity contribution is 0.0954. The van der Waals surface area contributed by atoms with E-state index in [0.717, 1.165) is 0 Å².